The van der Waals surface area contributed by atoms with Gasteiger partial charge >= 0.3 is 0 Å². The number of rotatable bonds is 6. The largest absolute Gasteiger partial charge is 0.0666 e. The van der Waals surface area contributed by atoms with Crippen molar-refractivity contribution < 1.29 is 0 Å². The van der Waals surface area contributed by atoms with Gasteiger partial charge in [0.25, 0.3) is 0 Å². The molecule has 0 aliphatic heterocycles. The third kappa shape index (κ3) is 3.09. The van der Waals surface area contributed by atoms with Gasteiger partial charge in [-0.15, -0.1) is 0 Å². The minimum atomic E-state index is 1.35. The maximum absolute atomic E-state index is 2.27. The van der Waals surface area contributed by atoms with Crippen LogP contribution in [0.3, 0.4) is 0 Å². The van der Waals surface area contributed by atoms with Crippen molar-refractivity contribution in [3.05, 3.63) is 11.1 Å². The van der Waals surface area contributed by atoms with Gasteiger partial charge in [0.15, 0.2) is 0 Å². The molecule has 0 atom stereocenters. The van der Waals surface area contributed by atoms with Crippen LogP contribution in [0.25, 0.3) is 0 Å². The van der Waals surface area contributed by atoms with Crippen LogP contribution < -0.4 is 0 Å². The Bertz CT molecular complexity index is 126. The van der Waals surface area contributed by atoms with Gasteiger partial charge in [-0.3, -0.25) is 0 Å². The van der Waals surface area contributed by atoms with E-state index >= 15 is 0 Å². The van der Waals surface area contributed by atoms with Crippen molar-refractivity contribution in [1.29, 1.82) is 0 Å². The summed E-state index contributed by atoms with van der Waals surface area (Å²) in [6.07, 6.45) is 9.70. The van der Waals surface area contributed by atoms with Crippen LogP contribution >= 0.6 is 0 Å². The first-order chi connectivity index (χ1) is 5.38. The second-order valence-corrected chi connectivity index (χ2v) is 3.59. The van der Waals surface area contributed by atoms with Gasteiger partial charge in [0.2, 0.25) is 0 Å². The molecule has 0 radical (unpaired) electrons. The van der Waals surface area contributed by atoms with Gasteiger partial charge in [0, 0.05) is 0 Å². The summed E-state index contributed by atoms with van der Waals surface area (Å²) < 4.78 is 0. The van der Waals surface area contributed by atoms with E-state index in [1.54, 1.807) is 11.1 Å². The lowest BCUT2D eigenvalue weighted by atomic mass is 10.2. The average molecular weight is 152 g/mol. The van der Waals surface area contributed by atoms with Gasteiger partial charge in [0.05, 0.1) is 0 Å². The van der Waals surface area contributed by atoms with Crippen LogP contribution in [0.5, 0.6) is 0 Å². The monoisotopic (exact) mass is 152 g/mol. The van der Waals surface area contributed by atoms with Crippen LogP contribution in [0.15, 0.2) is 11.1 Å². The molecule has 0 N–H and O–H groups in total. The number of unbranched alkanes of at least 4 members (excludes halogenated alkanes) is 2. The van der Waals surface area contributed by atoms with E-state index in [0.717, 1.165) is 0 Å². The highest BCUT2D eigenvalue weighted by atomic mass is 14.2. The van der Waals surface area contributed by atoms with Crippen molar-refractivity contribution >= 4 is 0 Å². The fourth-order valence-corrected chi connectivity index (χ4v) is 1.52. The van der Waals surface area contributed by atoms with Crippen molar-refractivity contribution in [1.82, 2.24) is 0 Å². The SMILES string of the molecule is CCCCC1=C(CCCC)C1. The molecule has 0 unspecified atom stereocenters. The van der Waals surface area contributed by atoms with Gasteiger partial charge in [0.1, 0.15) is 0 Å². The number of hydrogen-bond acceptors (Lipinski definition) is 0. The normalized spacial score (nSPS) is 15.8. The topological polar surface area (TPSA) is 0 Å². The van der Waals surface area contributed by atoms with E-state index in [1.807, 2.05) is 0 Å². The molecule has 0 saturated carbocycles. The summed E-state index contributed by atoms with van der Waals surface area (Å²) >= 11 is 0. The van der Waals surface area contributed by atoms with Crippen LogP contribution in [0.4, 0.5) is 0 Å². The van der Waals surface area contributed by atoms with Crippen LogP contribution in [-0.2, 0) is 0 Å². The molecule has 64 valence electrons. The lowest BCUT2D eigenvalue weighted by Gasteiger charge is -1.88. The van der Waals surface area contributed by atoms with Gasteiger partial charge in [-0.25, -0.2) is 0 Å². The smallest absolute Gasteiger partial charge is 0.0103 e. The fraction of sp³-hybridized carbons (Fsp3) is 0.818. The molecule has 1 aliphatic carbocycles. The molecule has 11 heavy (non-hydrogen) atoms. The third-order valence-electron chi connectivity index (χ3n) is 2.47. The van der Waals surface area contributed by atoms with E-state index in [0.29, 0.717) is 0 Å². The minimum absolute atomic E-state index is 1.35. The highest BCUT2D eigenvalue weighted by Crippen LogP contribution is 2.38. The first-order valence-corrected chi connectivity index (χ1v) is 5.08. The average Bonchev–Trinajstić information content (AvgIpc) is 2.76. The summed E-state index contributed by atoms with van der Waals surface area (Å²) in [4.78, 5) is 0. The lowest BCUT2D eigenvalue weighted by molar-refractivity contribution is 0.793. The molecule has 0 aromatic carbocycles. The van der Waals surface area contributed by atoms with Crippen molar-refractivity contribution in [3.8, 4) is 0 Å². The van der Waals surface area contributed by atoms with E-state index in [-0.39, 0.29) is 0 Å². The predicted molar refractivity (Wildman–Crippen MR) is 50.7 cm³/mol. The number of allylic oxidation sites excluding steroid dienone is 2. The molecule has 0 aromatic rings. The van der Waals surface area contributed by atoms with Crippen LogP contribution in [0.2, 0.25) is 0 Å². The van der Waals surface area contributed by atoms with Crippen molar-refractivity contribution in [2.75, 3.05) is 0 Å². The summed E-state index contributed by atoms with van der Waals surface area (Å²) in [6, 6.07) is 0. The zero-order chi connectivity index (χ0) is 8.10. The Balaban J connectivity index is 2.04. The van der Waals surface area contributed by atoms with Crippen molar-refractivity contribution in [3.63, 3.8) is 0 Å². The third-order valence-corrected chi connectivity index (χ3v) is 2.47. The predicted octanol–water partition coefficient (Wildman–Crippen LogP) is 4.07. The zero-order valence-electron chi connectivity index (χ0n) is 7.95. The van der Waals surface area contributed by atoms with Crippen LogP contribution in [0, 0.1) is 0 Å². The highest BCUT2D eigenvalue weighted by Gasteiger charge is 2.18. The number of hydrogen-bond donors (Lipinski definition) is 0. The molecule has 1 aliphatic rings. The molecule has 0 fully saturated rings. The van der Waals surface area contributed by atoms with Gasteiger partial charge in [-0.05, 0) is 32.1 Å². The first-order valence-electron chi connectivity index (χ1n) is 5.08. The molecule has 0 heteroatoms. The fourth-order valence-electron chi connectivity index (χ4n) is 1.52. The van der Waals surface area contributed by atoms with E-state index in [4.69, 9.17) is 0 Å². The maximum Gasteiger partial charge on any atom is -0.0103 e. The zero-order valence-corrected chi connectivity index (χ0v) is 7.95. The Morgan fingerprint density at radius 3 is 1.73 bits per heavy atom. The van der Waals surface area contributed by atoms with Gasteiger partial charge in [-0.1, -0.05) is 37.8 Å². The standard InChI is InChI=1S/C11H20/c1-3-5-7-10-9-11(10)8-6-4-2/h3-9H2,1-2H3. The van der Waals surface area contributed by atoms with Gasteiger partial charge < -0.3 is 0 Å². The lowest BCUT2D eigenvalue weighted by Crippen LogP contribution is -1.69. The molecule has 0 bridgehead atoms. The van der Waals surface area contributed by atoms with Crippen LogP contribution in [-0.4, -0.2) is 0 Å². The molecule has 0 amide bonds. The Kier molecular flexibility index (Phi) is 3.68. The van der Waals surface area contributed by atoms with Crippen molar-refractivity contribution in [2.45, 2.75) is 58.8 Å². The highest BCUT2D eigenvalue weighted by molar-refractivity contribution is 5.34. The first kappa shape index (κ1) is 8.83. The van der Waals surface area contributed by atoms with E-state index < -0.39 is 0 Å². The molecular formula is C11H20. The Labute approximate surface area is 70.7 Å². The van der Waals surface area contributed by atoms with E-state index in [9.17, 15) is 0 Å². The Morgan fingerprint density at radius 1 is 0.909 bits per heavy atom. The summed E-state index contributed by atoms with van der Waals surface area (Å²) in [6.45, 7) is 4.54. The Morgan fingerprint density at radius 2 is 1.36 bits per heavy atom. The molecule has 0 saturated heterocycles. The van der Waals surface area contributed by atoms with Crippen LogP contribution in [0.1, 0.15) is 58.8 Å². The second kappa shape index (κ2) is 4.58. The maximum atomic E-state index is 2.27. The second-order valence-electron chi connectivity index (χ2n) is 3.59. The molecule has 1 rings (SSSR count). The molecule has 0 spiro atoms. The van der Waals surface area contributed by atoms with E-state index in [2.05, 4.69) is 13.8 Å². The molecule has 0 nitrogen and oxygen atoms in total. The van der Waals surface area contributed by atoms with Crippen molar-refractivity contribution in [2.24, 2.45) is 0 Å². The molecular weight excluding hydrogens is 132 g/mol. The summed E-state index contributed by atoms with van der Waals surface area (Å²) in [5, 5.41) is 0. The quantitative estimate of drug-likeness (QED) is 0.503. The van der Waals surface area contributed by atoms with Gasteiger partial charge in [-0.2, -0.15) is 0 Å². The summed E-state index contributed by atoms with van der Waals surface area (Å²) in [5.41, 5.74) is 3.58. The van der Waals surface area contributed by atoms with E-state index in [1.165, 1.54) is 44.9 Å². The molecule has 0 heterocycles. The summed E-state index contributed by atoms with van der Waals surface area (Å²) in [7, 11) is 0. The minimum Gasteiger partial charge on any atom is -0.0666 e. The molecule has 0 aromatic heterocycles. The Hall–Kier alpha value is -0.260. The summed E-state index contributed by atoms with van der Waals surface area (Å²) in [5.74, 6) is 0.